The van der Waals surface area contributed by atoms with Crippen LogP contribution >= 0.6 is 0 Å². The highest BCUT2D eigenvalue weighted by atomic mass is 16.2. The van der Waals surface area contributed by atoms with Crippen molar-refractivity contribution < 1.29 is 4.79 Å². The summed E-state index contributed by atoms with van der Waals surface area (Å²) < 4.78 is 3.94. The lowest BCUT2D eigenvalue weighted by atomic mass is 10.0. The highest BCUT2D eigenvalue weighted by Gasteiger charge is 2.21. The molecule has 2 heterocycles. The normalized spacial score (nSPS) is 11.1. The first-order valence-electron chi connectivity index (χ1n) is 11.0. The zero-order chi connectivity index (χ0) is 22.8. The average Bonchev–Trinajstić information content (AvgIpc) is 3.42. The molecule has 2 aromatic heterocycles. The number of fused-ring (bicyclic) bond motifs is 1. The van der Waals surface area contributed by atoms with Crippen molar-refractivity contribution in [3.8, 4) is 11.1 Å². The molecular formula is C28H26N4O. The van der Waals surface area contributed by atoms with Crippen LogP contribution < -0.4 is 0 Å². The maximum Gasteiger partial charge on any atom is 0.272 e. The third-order valence-corrected chi connectivity index (χ3v) is 6.16. The Balaban J connectivity index is 1.45. The van der Waals surface area contributed by atoms with E-state index >= 15 is 0 Å². The van der Waals surface area contributed by atoms with Gasteiger partial charge in [0.05, 0.1) is 19.1 Å². The van der Waals surface area contributed by atoms with E-state index in [1.807, 2.05) is 42.3 Å². The number of aromatic nitrogens is 3. The van der Waals surface area contributed by atoms with Crippen molar-refractivity contribution in [1.29, 1.82) is 0 Å². The Hall–Kier alpha value is -4.12. The van der Waals surface area contributed by atoms with E-state index in [-0.39, 0.29) is 5.91 Å². The molecule has 0 unspecified atom stereocenters. The quantitative estimate of drug-likeness (QED) is 0.358. The van der Waals surface area contributed by atoms with Crippen molar-refractivity contribution in [1.82, 2.24) is 19.0 Å². The maximum absolute atomic E-state index is 13.5. The van der Waals surface area contributed by atoms with Crippen LogP contribution in [0.25, 0.3) is 22.0 Å². The second-order valence-corrected chi connectivity index (χ2v) is 8.37. The lowest BCUT2D eigenvalue weighted by Gasteiger charge is -2.23. The van der Waals surface area contributed by atoms with Crippen LogP contribution in [0.5, 0.6) is 0 Å². The topological polar surface area (TPSA) is 43.1 Å². The predicted octanol–water partition coefficient (Wildman–Crippen LogP) is 5.42. The second kappa shape index (κ2) is 8.79. The fourth-order valence-corrected chi connectivity index (χ4v) is 4.27. The summed E-state index contributed by atoms with van der Waals surface area (Å²) in [5, 5.41) is 1.18. The molecule has 0 saturated heterocycles. The second-order valence-electron chi connectivity index (χ2n) is 8.37. The molecule has 5 aromatic rings. The zero-order valence-electron chi connectivity index (χ0n) is 18.8. The van der Waals surface area contributed by atoms with Crippen molar-refractivity contribution in [3.05, 3.63) is 114 Å². The van der Waals surface area contributed by atoms with Crippen LogP contribution in [0, 0.1) is 0 Å². The van der Waals surface area contributed by atoms with Crippen LogP contribution in [0.3, 0.4) is 0 Å². The van der Waals surface area contributed by atoms with Gasteiger partial charge < -0.3 is 14.0 Å². The van der Waals surface area contributed by atoms with Gasteiger partial charge in [0, 0.05) is 31.9 Å². The first kappa shape index (κ1) is 20.8. The molecule has 0 aliphatic carbocycles. The first-order valence-corrected chi connectivity index (χ1v) is 11.0. The van der Waals surface area contributed by atoms with Crippen LogP contribution in [0.2, 0.25) is 0 Å². The molecule has 0 bridgehead atoms. The van der Waals surface area contributed by atoms with Gasteiger partial charge in [0.25, 0.3) is 5.91 Å². The Bertz CT molecular complexity index is 1400. The Labute approximate surface area is 193 Å². The molecule has 0 radical (unpaired) electrons. The van der Waals surface area contributed by atoms with Crippen LogP contribution in [-0.4, -0.2) is 24.9 Å². The Morgan fingerprint density at radius 1 is 0.848 bits per heavy atom. The number of para-hydroxylation sites is 1. The Morgan fingerprint density at radius 3 is 2.24 bits per heavy atom. The summed E-state index contributed by atoms with van der Waals surface area (Å²) in [7, 11) is 3.91. The third kappa shape index (κ3) is 4.17. The van der Waals surface area contributed by atoms with Crippen LogP contribution in [0.4, 0.5) is 0 Å². The molecule has 0 atom stereocenters. The van der Waals surface area contributed by atoms with Gasteiger partial charge in [-0.25, -0.2) is 4.98 Å². The van der Waals surface area contributed by atoms with Gasteiger partial charge in [-0.2, -0.15) is 0 Å². The number of nitrogens with zero attached hydrogens (tertiary/aromatic N) is 4. The third-order valence-electron chi connectivity index (χ3n) is 6.16. The van der Waals surface area contributed by atoms with Crippen LogP contribution in [0.15, 0.2) is 97.5 Å². The number of amides is 1. The molecule has 0 N–H and O–H groups in total. The van der Waals surface area contributed by atoms with Gasteiger partial charge in [0.2, 0.25) is 0 Å². The number of carbonyl (C=O) groups excluding carboxylic acids is 1. The summed E-state index contributed by atoms with van der Waals surface area (Å²) in [5.41, 5.74) is 6.26. The number of hydrogen-bond donors (Lipinski definition) is 0. The van der Waals surface area contributed by atoms with E-state index in [0.29, 0.717) is 18.8 Å². The smallest absolute Gasteiger partial charge is 0.272 e. The van der Waals surface area contributed by atoms with E-state index in [4.69, 9.17) is 0 Å². The fraction of sp³-hybridized carbons (Fsp3) is 0.143. The van der Waals surface area contributed by atoms with Gasteiger partial charge in [-0.05, 0) is 34.2 Å². The van der Waals surface area contributed by atoms with E-state index in [9.17, 15) is 4.79 Å². The minimum atomic E-state index is -0.0348. The van der Waals surface area contributed by atoms with E-state index in [1.54, 1.807) is 17.1 Å². The van der Waals surface area contributed by atoms with Gasteiger partial charge in [-0.15, -0.1) is 0 Å². The Kier molecular flexibility index (Phi) is 5.53. The highest BCUT2D eigenvalue weighted by Crippen LogP contribution is 2.23. The van der Waals surface area contributed by atoms with Gasteiger partial charge in [-0.1, -0.05) is 72.8 Å². The van der Waals surface area contributed by atoms with E-state index in [1.165, 1.54) is 10.9 Å². The lowest BCUT2D eigenvalue weighted by Crippen LogP contribution is -2.32. The summed E-state index contributed by atoms with van der Waals surface area (Å²) in [5.74, 6) is -0.0348. The molecule has 0 aliphatic rings. The molecule has 0 spiro atoms. The number of imidazole rings is 1. The van der Waals surface area contributed by atoms with Crippen molar-refractivity contribution in [2.45, 2.75) is 13.1 Å². The molecule has 3 aromatic carbocycles. The molecule has 0 saturated carbocycles. The molecule has 0 aliphatic heterocycles. The summed E-state index contributed by atoms with van der Waals surface area (Å²) in [6, 6.07) is 29.2. The molecule has 164 valence electrons. The Morgan fingerprint density at radius 2 is 1.55 bits per heavy atom. The van der Waals surface area contributed by atoms with Gasteiger partial charge in [0.15, 0.2) is 0 Å². The summed E-state index contributed by atoms with van der Waals surface area (Å²) >= 11 is 0. The molecule has 5 rings (SSSR count). The molecule has 5 heteroatoms. The van der Waals surface area contributed by atoms with Crippen molar-refractivity contribution in [3.63, 3.8) is 0 Å². The monoisotopic (exact) mass is 434 g/mol. The SMILES string of the molecule is Cn1cncc1C(=O)N(Cc1ccc(-c2ccccc2)cc1)Cc1cc2ccccc2n1C. The first-order chi connectivity index (χ1) is 16.1. The maximum atomic E-state index is 13.5. The van der Waals surface area contributed by atoms with Gasteiger partial charge in [-0.3, -0.25) is 4.79 Å². The number of rotatable bonds is 6. The summed E-state index contributed by atoms with van der Waals surface area (Å²) in [6.07, 6.45) is 3.30. The number of hydrogen-bond acceptors (Lipinski definition) is 2. The van der Waals surface area contributed by atoms with Gasteiger partial charge >= 0.3 is 0 Å². The number of aryl methyl sites for hydroxylation is 2. The molecule has 0 fully saturated rings. The van der Waals surface area contributed by atoms with Crippen molar-refractivity contribution in [2.75, 3.05) is 0 Å². The predicted molar refractivity (Wildman–Crippen MR) is 132 cm³/mol. The number of benzene rings is 3. The van der Waals surface area contributed by atoms with E-state index in [2.05, 4.69) is 71.2 Å². The van der Waals surface area contributed by atoms with Crippen molar-refractivity contribution in [2.24, 2.45) is 14.1 Å². The summed E-state index contributed by atoms with van der Waals surface area (Å²) in [4.78, 5) is 19.5. The highest BCUT2D eigenvalue weighted by molar-refractivity contribution is 5.92. The fourth-order valence-electron chi connectivity index (χ4n) is 4.27. The van der Waals surface area contributed by atoms with E-state index < -0.39 is 0 Å². The van der Waals surface area contributed by atoms with Crippen molar-refractivity contribution >= 4 is 16.8 Å². The minimum Gasteiger partial charge on any atom is -0.346 e. The average molecular weight is 435 g/mol. The minimum absolute atomic E-state index is 0.0348. The van der Waals surface area contributed by atoms with E-state index in [0.717, 1.165) is 22.3 Å². The van der Waals surface area contributed by atoms with Crippen LogP contribution in [0.1, 0.15) is 21.7 Å². The molecule has 5 nitrogen and oxygen atoms in total. The molecule has 33 heavy (non-hydrogen) atoms. The molecular weight excluding hydrogens is 408 g/mol. The largest absolute Gasteiger partial charge is 0.346 e. The molecule has 1 amide bonds. The zero-order valence-corrected chi connectivity index (χ0v) is 18.8. The summed E-state index contributed by atoms with van der Waals surface area (Å²) in [6.45, 7) is 1.02. The van der Waals surface area contributed by atoms with Gasteiger partial charge in [0.1, 0.15) is 5.69 Å². The lowest BCUT2D eigenvalue weighted by molar-refractivity contribution is 0.0717. The standard InChI is InChI=1S/C28H26N4O/c1-30-20-29-17-27(30)28(33)32(19-25-16-24-10-6-7-11-26(24)31(25)2)18-21-12-14-23(15-13-21)22-8-4-3-5-9-22/h3-17,20H,18-19H2,1-2H3. The van der Waals surface area contributed by atoms with Crippen LogP contribution in [-0.2, 0) is 27.2 Å². The number of carbonyl (C=O) groups is 1.